The van der Waals surface area contributed by atoms with Gasteiger partial charge in [0.2, 0.25) is 5.79 Å². The number of alkyl halides is 1. The van der Waals surface area contributed by atoms with Crippen LogP contribution in [-0.4, -0.2) is 51.1 Å². The normalized spacial score (nSPS) is 35.3. The summed E-state index contributed by atoms with van der Waals surface area (Å²) in [5, 5.41) is 3.51. The number of hydrogen-bond acceptors (Lipinski definition) is 5. The van der Waals surface area contributed by atoms with Gasteiger partial charge in [0, 0.05) is 31.7 Å². The second kappa shape index (κ2) is 5.87. The van der Waals surface area contributed by atoms with Gasteiger partial charge in [-0.15, -0.1) is 0 Å². The third-order valence-electron chi connectivity index (χ3n) is 6.11. The lowest BCUT2D eigenvalue weighted by atomic mass is 9.63. The lowest BCUT2D eigenvalue weighted by Gasteiger charge is -2.51. The van der Waals surface area contributed by atoms with Crippen LogP contribution in [0.4, 0.5) is 0 Å². The Labute approximate surface area is 151 Å². The molecule has 6 heteroatoms. The van der Waals surface area contributed by atoms with Gasteiger partial charge in [-0.2, -0.15) is 0 Å². The molecular weight excluding hydrogens is 374 g/mol. The maximum Gasteiger partial charge on any atom is 0.218 e. The van der Waals surface area contributed by atoms with E-state index < -0.39 is 5.79 Å². The molecule has 1 saturated carbocycles. The summed E-state index contributed by atoms with van der Waals surface area (Å²) in [5.74, 6) is 1.55. The van der Waals surface area contributed by atoms with Gasteiger partial charge in [0.15, 0.2) is 17.6 Å². The van der Waals surface area contributed by atoms with Gasteiger partial charge in [-0.1, -0.05) is 22.0 Å². The molecule has 1 aliphatic heterocycles. The molecule has 0 radical (unpaired) electrons. The van der Waals surface area contributed by atoms with E-state index in [1.807, 2.05) is 13.1 Å². The quantitative estimate of drug-likeness (QED) is 0.624. The molecule has 3 aliphatic rings. The largest absolute Gasteiger partial charge is 0.493 e. The molecule has 0 bridgehead atoms. The van der Waals surface area contributed by atoms with Gasteiger partial charge in [0.25, 0.3) is 0 Å². The van der Waals surface area contributed by atoms with Crippen LogP contribution >= 0.6 is 15.9 Å². The van der Waals surface area contributed by atoms with E-state index in [0.717, 1.165) is 24.3 Å². The molecule has 3 unspecified atom stereocenters. The van der Waals surface area contributed by atoms with Gasteiger partial charge in [-0.3, -0.25) is 0 Å². The minimum Gasteiger partial charge on any atom is -0.493 e. The fourth-order valence-electron chi connectivity index (χ4n) is 4.99. The molecule has 1 aromatic carbocycles. The number of methoxy groups -OCH3 is 3. The standard InChI is InChI=1S/C18H24BrNO4/c1-20-11-7-9-5-6-12(21-2)16-14(9)15-10(11)8-13(19)18(22-3,23-4)17(15)24-16/h5-6,10-11,13,15,17,20H,7-8H2,1-4H3/t10?,11-,13?,15?,17-/m0/s1. The number of hydrogen-bond donors (Lipinski definition) is 1. The van der Waals surface area contributed by atoms with Crippen molar-refractivity contribution in [3.05, 3.63) is 23.3 Å². The van der Waals surface area contributed by atoms with Crippen LogP contribution in [0.2, 0.25) is 0 Å². The van der Waals surface area contributed by atoms with E-state index in [1.165, 1.54) is 11.1 Å². The molecule has 0 aromatic heterocycles. The minimum absolute atomic E-state index is 0.0592. The summed E-state index contributed by atoms with van der Waals surface area (Å²) in [6.07, 6.45) is 1.78. The molecule has 1 N–H and O–H groups in total. The first-order chi connectivity index (χ1) is 11.6. The van der Waals surface area contributed by atoms with Crippen LogP contribution in [0, 0.1) is 5.92 Å². The Hall–Kier alpha value is -0.820. The molecule has 5 atom stereocenters. The lowest BCUT2D eigenvalue weighted by molar-refractivity contribution is -0.267. The summed E-state index contributed by atoms with van der Waals surface area (Å²) >= 11 is 3.82. The van der Waals surface area contributed by atoms with Crippen molar-refractivity contribution in [3.63, 3.8) is 0 Å². The predicted molar refractivity (Wildman–Crippen MR) is 94.3 cm³/mol. The maximum absolute atomic E-state index is 6.45. The van der Waals surface area contributed by atoms with Crippen molar-refractivity contribution in [2.24, 2.45) is 5.92 Å². The van der Waals surface area contributed by atoms with Gasteiger partial charge in [-0.25, -0.2) is 0 Å². The average Bonchev–Trinajstić information content (AvgIpc) is 3.01. The summed E-state index contributed by atoms with van der Waals surface area (Å²) < 4.78 is 23.8. The zero-order valence-corrected chi connectivity index (χ0v) is 16.1. The van der Waals surface area contributed by atoms with E-state index in [9.17, 15) is 0 Å². The van der Waals surface area contributed by atoms with Crippen molar-refractivity contribution < 1.29 is 18.9 Å². The summed E-state index contributed by atoms with van der Waals surface area (Å²) in [6.45, 7) is 0. The van der Waals surface area contributed by atoms with E-state index in [2.05, 4.69) is 27.3 Å². The smallest absolute Gasteiger partial charge is 0.218 e. The summed E-state index contributed by atoms with van der Waals surface area (Å²) in [6, 6.07) is 4.59. The van der Waals surface area contributed by atoms with Gasteiger partial charge < -0.3 is 24.3 Å². The number of likely N-dealkylation sites (N-methyl/N-ethyl adjacent to an activating group) is 1. The fourth-order valence-corrected chi connectivity index (χ4v) is 6.05. The topological polar surface area (TPSA) is 49.0 Å². The fraction of sp³-hybridized carbons (Fsp3) is 0.667. The molecule has 1 heterocycles. The van der Waals surface area contributed by atoms with Crippen LogP contribution in [-0.2, 0) is 15.9 Å². The van der Waals surface area contributed by atoms with E-state index in [4.69, 9.17) is 18.9 Å². The van der Waals surface area contributed by atoms with Gasteiger partial charge >= 0.3 is 0 Å². The molecule has 5 nitrogen and oxygen atoms in total. The number of ether oxygens (including phenoxy) is 4. The molecule has 2 aliphatic carbocycles. The second-order valence-corrected chi connectivity index (χ2v) is 7.94. The van der Waals surface area contributed by atoms with Crippen LogP contribution < -0.4 is 14.8 Å². The first-order valence-electron chi connectivity index (χ1n) is 8.39. The van der Waals surface area contributed by atoms with Crippen LogP contribution in [0.1, 0.15) is 23.5 Å². The summed E-state index contributed by atoms with van der Waals surface area (Å²) in [7, 11) is 7.12. The Morgan fingerprint density at radius 3 is 2.62 bits per heavy atom. The first kappa shape index (κ1) is 16.6. The maximum atomic E-state index is 6.45. The zero-order valence-electron chi connectivity index (χ0n) is 14.5. The van der Waals surface area contributed by atoms with Crippen molar-refractivity contribution in [3.8, 4) is 11.5 Å². The van der Waals surface area contributed by atoms with Crippen LogP contribution in [0.3, 0.4) is 0 Å². The Morgan fingerprint density at radius 2 is 2.00 bits per heavy atom. The monoisotopic (exact) mass is 397 g/mol. The van der Waals surface area contributed by atoms with E-state index in [0.29, 0.717) is 12.0 Å². The van der Waals surface area contributed by atoms with Crippen molar-refractivity contribution in [1.82, 2.24) is 5.32 Å². The average molecular weight is 398 g/mol. The molecule has 132 valence electrons. The third kappa shape index (κ3) is 1.97. The highest BCUT2D eigenvalue weighted by atomic mass is 79.9. The third-order valence-corrected chi connectivity index (χ3v) is 7.13. The number of benzene rings is 1. The SMILES string of the molecule is CN[C@H]1Cc2ccc(OC)c3c2C2C1CC(Br)C(OC)(OC)[C@H]2O3. The van der Waals surface area contributed by atoms with Crippen molar-refractivity contribution >= 4 is 15.9 Å². The predicted octanol–water partition coefficient (Wildman–Crippen LogP) is 2.46. The molecule has 0 spiro atoms. The van der Waals surface area contributed by atoms with Crippen molar-refractivity contribution in [2.75, 3.05) is 28.4 Å². The summed E-state index contributed by atoms with van der Waals surface area (Å²) in [4.78, 5) is 0.0592. The molecule has 1 aromatic rings. The van der Waals surface area contributed by atoms with E-state index in [1.54, 1.807) is 21.3 Å². The highest BCUT2D eigenvalue weighted by molar-refractivity contribution is 9.09. The van der Waals surface area contributed by atoms with Gasteiger partial charge in [0.05, 0.1) is 11.9 Å². The Bertz CT molecular complexity index is 648. The van der Waals surface area contributed by atoms with Crippen molar-refractivity contribution in [2.45, 2.75) is 41.5 Å². The number of halogens is 1. The zero-order chi connectivity index (χ0) is 17.1. The molecule has 1 fully saturated rings. The number of rotatable bonds is 4. The Balaban J connectivity index is 1.90. The Morgan fingerprint density at radius 1 is 1.25 bits per heavy atom. The summed E-state index contributed by atoms with van der Waals surface area (Å²) in [5.41, 5.74) is 2.62. The molecule has 0 saturated heterocycles. The van der Waals surface area contributed by atoms with Gasteiger partial charge in [-0.05, 0) is 37.4 Å². The highest BCUT2D eigenvalue weighted by Gasteiger charge is 2.63. The molecular formula is C18H24BrNO4. The Kier molecular flexibility index (Phi) is 4.07. The lowest BCUT2D eigenvalue weighted by Crippen LogP contribution is -2.63. The van der Waals surface area contributed by atoms with Crippen LogP contribution in [0.15, 0.2) is 12.1 Å². The first-order valence-corrected chi connectivity index (χ1v) is 9.30. The molecule has 0 amide bonds. The van der Waals surface area contributed by atoms with E-state index in [-0.39, 0.29) is 16.8 Å². The second-order valence-electron chi connectivity index (χ2n) is 6.83. The molecule has 24 heavy (non-hydrogen) atoms. The van der Waals surface area contributed by atoms with Crippen LogP contribution in [0.25, 0.3) is 0 Å². The number of nitrogens with one attached hydrogen (secondary N) is 1. The van der Waals surface area contributed by atoms with Gasteiger partial charge in [0.1, 0.15) is 0 Å². The highest BCUT2D eigenvalue weighted by Crippen LogP contribution is 2.60. The van der Waals surface area contributed by atoms with E-state index >= 15 is 0 Å². The molecule has 4 rings (SSSR count). The minimum atomic E-state index is -0.807. The van der Waals surface area contributed by atoms with Crippen LogP contribution in [0.5, 0.6) is 11.5 Å². The van der Waals surface area contributed by atoms with Crippen molar-refractivity contribution in [1.29, 1.82) is 0 Å².